The van der Waals surface area contributed by atoms with E-state index < -0.39 is 0 Å². The number of rotatable bonds is 6. The lowest BCUT2D eigenvalue weighted by Crippen LogP contribution is -2.41. The number of hydrogen-bond acceptors (Lipinski definition) is 3. The molecule has 3 heteroatoms. The van der Waals surface area contributed by atoms with Gasteiger partial charge in [-0.3, -0.25) is 4.90 Å². The largest absolute Gasteiger partial charge is 0.380 e. The van der Waals surface area contributed by atoms with Gasteiger partial charge in [0.15, 0.2) is 0 Å². The molecule has 1 rings (SSSR count). The highest BCUT2D eigenvalue weighted by molar-refractivity contribution is 4.79. The molecule has 0 aromatic rings. The summed E-state index contributed by atoms with van der Waals surface area (Å²) >= 11 is 0. The van der Waals surface area contributed by atoms with E-state index in [4.69, 9.17) is 4.74 Å². The topological polar surface area (TPSA) is 24.5 Å². The molecule has 0 radical (unpaired) electrons. The first-order valence-corrected chi connectivity index (χ1v) is 6.83. The van der Waals surface area contributed by atoms with Gasteiger partial charge in [-0.05, 0) is 32.7 Å². The molecule has 2 unspecified atom stereocenters. The lowest BCUT2D eigenvalue weighted by atomic mass is 10.2. The fourth-order valence-electron chi connectivity index (χ4n) is 2.22. The highest BCUT2D eigenvalue weighted by atomic mass is 16.5. The van der Waals surface area contributed by atoms with Crippen LogP contribution in [0, 0.1) is 0 Å². The summed E-state index contributed by atoms with van der Waals surface area (Å²) in [5, 5.41) is 3.61. The Bertz CT molecular complexity index is 175. The third-order valence-corrected chi connectivity index (χ3v) is 3.44. The van der Waals surface area contributed by atoms with Gasteiger partial charge in [-0.1, -0.05) is 13.8 Å². The van der Waals surface area contributed by atoms with E-state index in [-0.39, 0.29) is 0 Å². The molecule has 0 amide bonds. The molecule has 0 bridgehead atoms. The second-order valence-corrected chi connectivity index (χ2v) is 4.80. The van der Waals surface area contributed by atoms with Gasteiger partial charge in [0.1, 0.15) is 0 Å². The quantitative estimate of drug-likeness (QED) is 0.703. The number of hydrogen-bond donors (Lipinski definition) is 1. The third kappa shape index (κ3) is 4.81. The van der Waals surface area contributed by atoms with E-state index in [2.05, 4.69) is 31.0 Å². The minimum atomic E-state index is 0.663. The third-order valence-electron chi connectivity index (χ3n) is 3.44. The van der Waals surface area contributed by atoms with Crippen molar-refractivity contribution in [3.05, 3.63) is 0 Å². The Morgan fingerprint density at radius 1 is 1.31 bits per heavy atom. The Kier molecular flexibility index (Phi) is 7.01. The van der Waals surface area contributed by atoms with Crippen LogP contribution in [0.2, 0.25) is 0 Å². The van der Waals surface area contributed by atoms with Crippen LogP contribution in [0.15, 0.2) is 0 Å². The van der Waals surface area contributed by atoms with Crippen molar-refractivity contribution >= 4 is 0 Å². The maximum Gasteiger partial charge on any atom is 0.0593 e. The maximum absolute atomic E-state index is 5.58. The Hall–Kier alpha value is -0.120. The Morgan fingerprint density at radius 2 is 2.12 bits per heavy atom. The molecule has 0 saturated carbocycles. The van der Waals surface area contributed by atoms with Gasteiger partial charge in [0, 0.05) is 31.8 Å². The first-order valence-electron chi connectivity index (χ1n) is 6.83. The normalized spacial score (nSPS) is 27.9. The van der Waals surface area contributed by atoms with Crippen LogP contribution in [0.1, 0.15) is 40.0 Å². The number of nitrogens with one attached hydrogen (secondary N) is 1. The number of nitrogens with zero attached hydrogens (tertiary/aromatic N) is 1. The van der Waals surface area contributed by atoms with Crippen molar-refractivity contribution in [3.63, 3.8) is 0 Å². The van der Waals surface area contributed by atoms with Crippen LogP contribution in [0.25, 0.3) is 0 Å². The van der Waals surface area contributed by atoms with Crippen molar-refractivity contribution in [1.82, 2.24) is 10.2 Å². The van der Waals surface area contributed by atoms with E-state index in [1.165, 1.54) is 19.4 Å². The van der Waals surface area contributed by atoms with Gasteiger partial charge >= 0.3 is 0 Å². The predicted octanol–water partition coefficient (Wildman–Crippen LogP) is 1.88. The van der Waals surface area contributed by atoms with E-state index >= 15 is 0 Å². The van der Waals surface area contributed by atoms with Crippen molar-refractivity contribution in [2.75, 3.05) is 32.8 Å². The molecule has 96 valence electrons. The monoisotopic (exact) mass is 228 g/mol. The van der Waals surface area contributed by atoms with Gasteiger partial charge in [-0.2, -0.15) is 0 Å². The van der Waals surface area contributed by atoms with Crippen LogP contribution in [0.4, 0.5) is 0 Å². The molecular weight excluding hydrogens is 200 g/mol. The number of ether oxygens (including phenoxy) is 1. The summed E-state index contributed by atoms with van der Waals surface area (Å²) in [5.74, 6) is 0. The zero-order valence-corrected chi connectivity index (χ0v) is 11.2. The first kappa shape index (κ1) is 13.9. The predicted molar refractivity (Wildman–Crippen MR) is 68.8 cm³/mol. The molecule has 1 aliphatic rings. The van der Waals surface area contributed by atoms with Gasteiger partial charge in [-0.15, -0.1) is 0 Å². The molecule has 1 heterocycles. The van der Waals surface area contributed by atoms with Crippen molar-refractivity contribution in [2.24, 2.45) is 0 Å². The molecule has 3 nitrogen and oxygen atoms in total. The van der Waals surface area contributed by atoms with Crippen molar-refractivity contribution in [1.29, 1.82) is 0 Å². The van der Waals surface area contributed by atoms with Gasteiger partial charge in [0.05, 0.1) is 6.61 Å². The molecule has 1 N–H and O–H groups in total. The summed E-state index contributed by atoms with van der Waals surface area (Å²) in [6, 6.07) is 1.35. The van der Waals surface area contributed by atoms with Crippen molar-refractivity contribution in [3.8, 4) is 0 Å². The Morgan fingerprint density at radius 3 is 2.81 bits per heavy atom. The molecule has 0 aliphatic carbocycles. The molecule has 0 aromatic heterocycles. The SMILES string of the molecule is CCCOCCN1CC(CC)NCCC1C. The van der Waals surface area contributed by atoms with Gasteiger partial charge in [0.2, 0.25) is 0 Å². The zero-order valence-electron chi connectivity index (χ0n) is 11.2. The molecule has 1 saturated heterocycles. The highest BCUT2D eigenvalue weighted by Crippen LogP contribution is 2.10. The zero-order chi connectivity index (χ0) is 11.8. The Balaban J connectivity index is 2.29. The van der Waals surface area contributed by atoms with Crippen LogP contribution >= 0.6 is 0 Å². The minimum absolute atomic E-state index is 0.663. The second kappa shape index (κ2) is 8.04. The summed E-state index contributed by atoms with van der Waals surface area (Å²) in [6.07, 6.45) is 3.60. The van der Waals surface area contributed by atoms with Crippen molar-refractivity contribution in [2.45, 2.75) is 52.1 Å². The van der Waals surface area contributed by atoms with Crippen LogP contribution < -0.4 is 5.32 Å². The molecule has 0 aromatic carbocycles. The average molecular weight is 228 g/mol. The molecular formula is C13H28N2O. The summed E-state index contributed by atoms with van der Waals surface area (Å²) < 4.78 is 5.58. The molecule has 0 spiro atoms. The average Bonchev–Trinajstić information content (AvgIpc) is 2.47. The fourth-order valence-corrected chi connectivity index (χ4v) is 2.22. The smallest absolute Gasteiger partial charge is 0.0593 e. The molecule has 1 fully saturated rings. The minimum Gasteiger partial charge on any atom is -0.380 e. The summed E-state index contributed by atoms with van der Waals surface area (Å²) in [4.78, 5) is 2.57. The van der Waals surface area contributed by atoms with Gasteiger partial charge < -0.3 is 10.1 Å². The van der Waals surface area contributed by atoms with Crippen LogP contribution in [0.5, 0.6) is 0 Å². The second-order valence-electron chi connectivity index (χ2n) is 4.80. The maximum atomic E-state index is 5.58. The van der Waals surface area contributed by atoms with Crippen LogP contribution in [-0.4, -0.2) is 49.8 Å². The molecule has 1 aliphatic heterocycles. The van der Waals surface area contributed by atoms with E-state index in [0.29, 0.717) is 12.1 Å². The van der Waals surface area contributed by atoms with Crippen LogP contribution in [-0.2, 0) is 4.74 Å². The highest BCUT2D eigenvalue weighted by Gasteiger charge is 2.21. The van der Waals surface area contributed by atoms with Gasteiger partial charge in [-0.25, -0.2) is 0 Å². The van der Waals surface area contributed by atoms with E-state index in [0.717, 1.165) is 32.7 Å². The van der Waals surface area contributed by atoms with E-state index in [1.54, 1.807) is 0 Å². The Labute approximate surface area is 101 Å². The molecule has 16 heavy (non-hydrogen) atoms. The lowest BCUT2D eigenvalue weighted by molar-refractivity contribution is 0.0889. The lowest BCUT2D eigenvalue weighted by Gasteiger charge is -2.28. The summed E-state index contributed by atoms with van der Waals surface area (Å²) in [7, 11) is 0. The van der Waals surface area contributed by atoms with Crippen LogP contribution in [0.3, 0.4) is 0 Å². The fraction of sp³-hybridized carbons (Fsp3) is 1.00. The summed E-state index contributed by atoms with van der Waals surface area (Å²) in [6.45, 7) is 12.0. The standard InChI is InChI=1S/C13H28N2O/c1-4-9-16-10-8-15-11-13(5-2)14-7-6-12(15)3/h12-14H,4-11H2,1-3H3. The van der Waals surface area contributed by atoms with Gasteiger partial charge in [0.25, 0.3) is 0 Å². The van der Waals surface area contributed by atoms with Crippen molar-refractivity contribution < 1.29 is 4.74 Å². The molecule has 2 atom stereocenters. The summed E-state index contributed by atoms with van der Waals surface area (Å²) in [5.41, 5.74) is 0. The van der Waals surface area contributed by atoms with E-state index in [9.17, 15) is 0 Å². The first-order chi connectivity index (χ1) is 7.77. The van der Waals surface area contributed by atoms with E-state index in [1.807, 2.05) is 0 Å².